The molecule has 2 nitrogen and oxygen atoms in total. The van der Waals surface area contributed by atoms with Crippen molar-refractivity contribution in [2.75, 3.05) is 5.73 Å². The van der Waals surface area contributed by atoms with E-state index >= 15 is 0 Å². The molecule has 0 saturated carbocycles. The quantitative estimate of drug-likeness (QED) is 0.563. The van der Waals surface area contributed by atoms with Crippen molar-refractivity contribution in [1.29, 1.82) is 0 Å². The number of anilines is 1. The van der Waals surface area contributed by atoms with E-state index in [2.05, 4.69) is 4.98 Å². The van der Waals surface area contributed by atoms with Crippen molar-refractivity contribution in [3.63, 3.8) is 0 Å². The number of halogens is 2. The van der Waals surface area contributed by atoms with Crippen molar-refractivity contribution in [3.05, 3.63) is 23.2 Å². The van der Waals surface area contributed by atoms with Crippen LogP contribution in [0.2, 0.25) is 5.15 Å². The summed E-state index contributed by atoms with van der Waals surface area (Å²) in [5, 5.41) is 0.00926. The summed E-state index contributed by atoms with van der Waals surface area (Å²) < 4.78 is 12.3. The van der Waals surface area contributed by atoms with Gasteiger partial charge < -0.3 is 5.73 Å². The van der Waals surface area contributed by atoms with Gasteiger partial charge in [-0.15, -0.1) is 0 Å². The highest BCUT2D eigenvalue weighted by atomic mass is 35.5. The standard InChI is InChI=1S/C5H4ClFN2/c6-5-4(8)3(7)1-2-9-5/h1-2H,8H2. The third-order valence-corrected chi connectivity index (χ3v) is 1.19. The molecule has 4 heteroatoms. The number of aromatic nitrogens is 1. The molecular weight excluding hydrogens is 143 g/mol. The van der Waals surface area contributed by atoms with E-state index in [0.717, 1.165) is 6.07 Å². The van der Waals surface area contributed by atoms with Crippen molar-refractivity contribution < 1.29 is 4.39 Å². The second-order valence-corrected chi connectivity index (χ2v) is 1.86. The molecule has 0 fully saturated rings. The number of nitrogen functional groups attached to an aromatic ring is 1. The van der Waals surface area contributed by atoms with Gasteiger partial charge in [0.2, 0.25) is 0 Å². The van der Waals surface area contributed by atoms with Crippen molar-refractivity contribution in [1.82, 2.24) is 4.98 Å². The molecule has 0 aliphatic carbocycles. The van der Waals surface area contributed by atoms with E-state index in [4.69, 9.17) is 17.3 Å². The lowest BCUT2D eigenvalue weighted by molar-refractivity contribution is 0.630. The lowest BCUT2D eigenvalue weighted by atomic mass is 10.4. The number of hydrogen-bond donors (Lipinski definition) is 1. The average Bonchev–Trinajstić information content (AvgIpc) is 1.83. The Morgan fingerprint density at radius 2 is 2.33 bits per heavy atom. The van der Waals surface area contributed by atoms with E-state index in [0.29, 0.717) is 0 Å². The molecule has 0 aliphatic rings. The Kier molecular flexibility index (Phi) is 1.53. The zero-order valence-corrected chi connectivity index (χ0v) is 5.19. The van der Waals surface area contributed by atoms with Gasteiger partial charge in [-0.25, -0.2) is 9.37 Å². The molecule has 0 unspecified atom stereocenters. The SMILES string of the molecule is Nc1c(F)ccnc1Cl. The third-order valence-electron chi connectivity index (χ3n) is 0.888. The Morgan fingerprint density at radius 1 is 1.67 bits per heavy atom. The second kappa shape index (κ2) is 2.19. The fourth-order valence-corrected chi connectivity index (χ4v) is 0.573. The summed E-state index contributed by atoms with van der Waals surface area (Å²) in [6, 6.07) is 1.15. The molecule has 0 aromatic carbocycles. The minimum Gasteiger partial charge on any atom is -0.394 e. The largest absolute Gasteiger partial charge is 0.394 e. The van der Waals surface area contributed by atoms with Crippen LogP contribution in [0.1, 0.15) is 0 Å². The molecule has 0 saturated heterocycles. The molecule has 1 rings (SSSR count). The van der Waals surface area contributed by atoms with Crippen LogP contribution in [0.3, 0.4) is 0 Å². The smallest absolute Gasteiger partial charge is 0.154 e. The van der Waals surface area contributed by atoms with Crippen LogP contribution in [0, 0.1) is 5.82 Å². The highest BCUT2D eigenvalue weighted by Gasteiger charge is 2.00. The van der Waals surface area contributed by atoms with Crippen molar-refractivity contribution in [2.24, 2.45) is 0 Å². The molecular formula is C5H4ClFN2. The van der Waals surface area contributed by atoms with Crippen LogP contribution in [0.15, 0.2) is 12.3 Å². The molecule has 0 bridgehead atoms. The van der Waals surface area contributed by atoms with Crippen LogP contribution >= 0.6 is 11.6 Å². The van der Waals surface area contributed by atoms with Crippen molar-refractivity contribution in [3.8, 4) is 0 Å². The predicted octanol–water partition coefficient (Wildman–Crippen LogP) is 1.46. The van der Waals surface area contributed by atoms with Gasteiger partial charge in [0.15, 0.2) is 11.0 Å². The van der Waals surface area contributed by atoms with Crippen LogP contribution in [0.4, 0.5) is 10.1 Å². The number of nitrogens with zero attached hydrogens (tertiary/aromatic N) is 1. The van der Waals surface area contributed by atoms with Gasteiger partial charge in [0.1, 0.15) is 5.69 Å². The highest BCUT2D eigenvalue weighted by molar-refractivity contribution is 6.31. The Hall–Kier alpha value is -0.830. The first kappa shape index (κ1) is 6.29. The molecule has 1 heterocycles. The van der Waals surface area contributed by atoms with Gasteiger partial charge in [-0.2, -0.15) is 0 Å². The zero-order chi connectivity index (χ0) is 6.85. The monoisotopic (exact) mass is 146 g/mol. The number of nitrogens with two attached hydrogens (primary N) is 1. The van der Waals surface area contributed by atoms with Gasteiger partial charge in [-0.05, 0) is 6.07 Å². The summed E-state index contributed by atoms with van der Waals surface area (Å²) in [4.78, 5) is 3.54. The Labute approximate surface area is 56.5 Å². The molecule has 9 heavy (non-hydrogen) atoms. The molecule has 1 aromatic rings. The lowest BCUT2D eigenvalue weighted by Crippen LogP contribution is -1.92. The van der Waals surface area contributed by atoms with Crippen molar-refractivity contribution >= 4 is 17.3 Å². The first-order chi connectivity index (χ1) is 4.22. The third kappa shape index (κ3) is 1.10. The van der Waals surface area contributed by atoms with E-state index in [-0.39, 0.29) is 10.8 Å². The Bertz CT molecular complexity index is 206. The molecule has 0 aliphatic heterocycles. The molecule has 0 radical (unpaired) electrons. The summed E-state index contributed by atoms with van der Waals surface area (Å²) >= 11 is 5.34. The summed E-state index contributed by atoms with van der Waals surface area (Å²) in [5.74, 6) is -0.532. The Balaban J connectivity index is 3.25. The number of hydrogen-bond acceptors (Lipinski definition) is 2. The summed E-state index contributed by atoms with van der Waals surface area (Å²) in [7, 11) is 0. The summed E-state index contributed by atoms with van der Waals surface area (Å²) in [5.41, 5.74) is 5.01. The van der Waals surface area contributed by atoms with Crippen LogP contribution in [0.5, 0.6) is 0 Å². The van der Waals surface area contributed by atoms with Crippen LogP contribution in [0.25, 0.3) is 0 Å². The second-order valence-electron chi connectivity index (χ2n) is 1.50. The van der Waals surface area contributed by atoms with Gasteiger partial charge in [0, 0.05) is 6.20 Å². The summed E-state index contributed by atoms with van der Waals surface area (Å²) in [6.07, 6.45) is 1.26. The predicted molar refractivity (Wildman–Crippen MR) is 33.6 cm³/mol. The molecule has 48 valence electrons. The van der Waals surface area contributed by atoms with Crippen LogP contribution in [-0.4, -0.2) is 4.98 Å². The van der Waals surface area contributed by atoms with E-state index in [1.54, 1.807) is 0 Å². The summed E-state index contributed by atoms with van der Waals surface area (Å²) in [6.45, 7) is 0. The lowest BCUT2D eigenvalue weighted by Gasteiger charge is -1.94. The van der Waals surface area contributed by atoms with E-state index < -0.39 is 5.82 Å². The van der Waals surface area contributed by atoms with Crippen LogP contribution in [-0.2, 0) is 0 Å². The number of rotatable bonds is 0. The Morgan fingerprint density at radius 3 is 2.78 bits per heavy atom. The zero-order valence-electron chi connectivity index (χ0n) is 4.44. The van der Waals surface area contributed by atoms with Crippen molar-refractivity contribution in [2.45, 2.75) is 0 Å². The molecule has 0 spiro atoms. The molecule has 0 amide bonds. The average molecular weight is 147 g/mol. The van der Waals surface area contributed by atoms with E-state index in [1.807, 2.05) is 0 Å². The van der Waals surface area contributed by atoms with Gasteiger partial charge in [0.05, 0.1) is 0 Å². The minimum atomic E-state index is -0.532. The van der Waals surface area contributed by atoms with E-state index in [1.165, 1.54) is 6.20 Å². The minimum absolute atomic E-state index is 0.00926. The molecule has 0 atom stereocenters. The normalized spacial score (nSPS) is 9.56. The fraction of sp³-hybridized carbons (Fsp3) is 0. The van der Waals surface area contributed by atoms with Gasteiger partial charge in [-0.1, -0.05) is 11.6 Å². The van der Waals surface area contributed by atoms with Gasteiger partial charge in [-0.3, -0.25) is 0 Å². The van der Waals surface area contributed by atoms with Gasteiger partial charge in [0.25, 0.3) is 0 Å². The van der Waals surface area contributed by atoms with Crippen LogP contribution < -0.4 is 5.73 Å². The fourth-order valence-electron chi connectivity index (χ4n) is 0.426. The maximum absolute atomic E-state index is 12.3. The molecule has 2 N–H and O–H groups in total. The maximum atomic E-state index is 12.3. The highest BCUT2D eigenvalue weighted by Crippen LogP contribution is 2.16. The number of pyridine rings is 1. The maximum Gasteiger partial charge on any atom is 0.154 e. The first-order valence-electron chi connectivity index (χ1n) is 2.27. The van der Waals surface area contributed by atoms with E-state index in [9.17, 15) is 4.39 Å². The molecule has 1 aromatic heterocycles. The first-order valence-corrected chi connectivity index (χ1v) is 2.65. The van der Waals surface area contributed by atoms with Gasteiger partial charge >= 0.3 is 0 Å². The topological polar surface area (TPSA) is 38.9 Å².